The number of carbonyl (C=O) groups is 2. The summed E-state index contributed by atoms with van der Waals surface area (Å²) in [7, 11) is 1.44. The number of amides is 2. The molecule has 0 spiro atoms. The average molecular weight is 444 g/mol. The highest BCUT2D eigenvalue weighted by Crippen LogP contribution is 2.42. The number of anilines is 1. The van der Waals surface area contributed by atoms with Crippen LogP contribution >= 0.6 is 23.4 Å². The Morgan fingerprint density at radius 2 is 1.87 bits per heavy atom. The molecule has 5 nitrogen and oxygen atoms in total. The van der Waals surface area contributed by atoms with Gasteiger partial charge in [-0.25, -0.2) is 9.29 Å². The third-order valence-corrected chi connectivity index (χ3v) is 5.83. The number of imide groups is 1. The third kappa shape index (κ3) is 3.74. The van der Waals surface area contributed by atoms with E-state index in [1.807, 2.05) is 0 Å². The van der Waals surface area contributed by atoms with Gasteiger partial charge in [0.25, 0.3) is 11.8 Å². The lowest BCUT2D eigenvalue weighted by Crippen LogP contribution is -2.31. The number of nitrogens with zero attached hydrogens (tertiary/aromatic N) is 1. The summed E-state index contributed by atoms with van der Waals surface area (Å²) in [5, 5.41) is 0.353. The van der Waals surface area contributed by atoms with Crippen molar-refractivity contribution < 1.29 is 23.1 Å². The van der Waals surface area contributed by atoms with Gasteiger partial charge in [0.1, 0.15) is 17.3 Å². The van der Waals surface area contributed by atoms with Crippen molar-refractivity contribution in [3.63, 3.8) is 0 Å². The number of thioether (sulfide) groups is 1. The fraction of sp³-hybridized carbons (Fsp3) is 0.0909. The first-order chi connectivity index (χ1) is 14.5. The van der Waals surface area contributed by atoms with E-state index in [1.165, 1.54) is 55.5 Å². The van der Waals surface area contributed by atoms with Crippen molar-refractivity contribution in [1.82, 2.24) is 0 Å². The summed E-state index contributed by atoms with van der Waals surface area (Å²) >= 11 is 7.29. The van der Waals surface area contributed by atoms with Crippen molar-refractivity contribution in [3.05, 3.63) is 87.9 Å². The van der Waals surface area contributed by atoms with E-state index in [-0.39, 0.29) is 16.2 Å². The summed E-state index contributed by atoms with van der Waals surface area (Å²) in [6.07, 6.45) is 1.54. The zero-order valence-corrected chi connectivity index (χ0v) is 17.3. The molecule has 0 fully saturated rings. The molecule has 0 aliphatic carbocycles. The maximum absolute atomic E-state index is 13.4. The third-order valence-electron chi connectivity index (χ3n) is 4.49. The Morgan fingerprint density at radius 3 is 2.53 bits per heavy atom. The SMILES string of the molecule is COc1ccc(Cl)cc1N1C(=O)C(SCc2ccco2)=C(c2ccc(F)cc2)C1=O. The van der Waals surface area contributed by atoms with E-state index in [2.05, 4.69) is 0 Å². The number of rotatable bonds is 6. The molecule has 2 amide bonds. The van der Waals surface area contributed by atoms with Crippen molar-refractivity contribution in [3.8, 4) is 5.75 Å². The Balaban J connectivity index is 1.79. The number of benzene rings is 2. The van der Waals surface area contributed by atoms with Gasteiger partial charge in [-0.15, -0.1) is 11.8 Å². The van der Waals surface area contributed by atoms with E-state index in [1.54, 1.807) is 24.3 Å². The summed E-state index contributed by atoms with van der Waals surface area (Å²) in [5.41, 5.74) is 0.881. The summed E-state index contributed by atoms with van der Waals surface area (Å²) in [4.78, 5) is 28.0. The van der Waals surface area contributed by atoms with E-state index < -0.39 is 17.6 Å². The van der Waals surface area contributed by atoms with Crippen LogP contribution in [0.4, 0.5) is 10.1 Å². The molecule has 8 heteroatoms. The maximum atomic E-state index is 13.4. The Morgan fingerprint density at radius 1 is 1.10 bits per heavy atom. The van der Waals surface area contributed by atoms with Crippen LogP contribution in [0.2, 0.25) is 5.02 Å². The molecule has 0 saturated carbocycles. The Bertz CT molecular complexity index is 1140. The lowest BCUT2D eigenvalue weighted by molar-refractivity contribution is -0.119. The monoisotopic (exact) mass is 443 g/mol. The molecular weight excluding hydrogens is 429 g/mol. The number of methoxy groups -OCH3 is 1. The minimum absolute atomic E-state index is 0.193. The van der Waals surface area contributed by atoms with Crippen molar-refractivity contribution in [2.24, 2.45) is 0 Å². The molecule has 1 aromatic heterocycles. The van der Waals surface area contributed by atoms with E-state index in [4.69, 9.17) is 20.8 Å². The highest BCUT2D eigenvalue weighted by atomic mass is 35.5. The molecule has 0 saturated heterocycles. The van der Waals surface area contributed by atoms with E-state index in [9.17, 15) is 14.0 Å². The molecule has 2 aromatic carbocycles. The molecule has 3 aromatic rings. The second-order valence-electron chi connectivity index (χ2n) is 6.34. The molecular formula is C22H15ClFNO4S. The summed E-state index contributed by atoms with van der Waals surface area (Å²) in [6.45, 7) is 0. The van der Waals surface area contributed by atoms with Crippen LogP contribution in [0.25, 0.3) is 5.57 Å². The number of hydrogen-bond acceptors (Lipinski definition) is 5. The quantitative estimate of drug-likeness (QED) is 0.484. The van der Waals surface area contributed by atoms with Gasteiger partial charge in [-0.3, -0.25) is 9.59 Å². The highest BCUT2D eigenvalue weighted by molar-refractivity contribution is 8.03. The van der Waals surface area contributed by atoms with Crippen LogP contribution in [0.1, 0.15) is 11.3 Å². The molecule has 1 aliphatic rings. The van der Waals surface area contributed by atoms with Gasteiger partial charge in [0.15, 0.2) is 0 Å². The fourth-order valence-corrected chi connectivity index (χ4v) is 4.29. The Hall–Kier alpha value is -3.03. The lowest BCUT2D eigenvalue weighted by Gasteiger charge is -2.18. The first-order valence-corrected chi connectivity index (χ1v) is 10.2. The summed E-state index contributed by atoms with van der Waals surface area (Å²) in [6, 6.07) is 13.7. The van der Waals surface area contributed by atoms with Gasteiger partial charge in [0.05, 0.1) is 35.3 Å². The molecule has 30 heavy (non-hydrogen) atoms. The maximum Gasteiger partial charge on any atom is 0.272 e. The molecule has 0 radical (unpaired) electrons. The van der Waals surface area contributed by atoms with Crippen molar-refractivity contribution in [2.45, 2.75) is 5.75 Å². The van der Waals surface area contributed by atoms with E-state index in [0.717, 1.165) is 4.90 Å². The average Bonchev–Trinajstić information content (AvgIpc) is 3.33. The van der Waals surface area contributed by atoms with Crippen LogP contribution in [0.5, 0.6) is 5.75 Å². The molecule has 2 heterocycles. The normalized spacial score (nSPS) is 14.0. The van der Waals surface area contributed by atoms with Gasteiger partial charge in [0.2, 0.25) is 0 Å². The van der Waals surface area contributed by atoms with Crippen LogP contribution in [0.3, 0.4) is 0 Å². The topological polar surface area (TPSA) is 59.8 Å². The van der Waals surface area contributed by atoms with Gasteiger partial charge in [-0.2, -0.15) is 0 Å². The second-order valence-corrected chi connectivity index (χ2v) is 7.76. The van der Waals surface area contributed by atoms with Crippen LogP contribution < -0.4 is 9.64 Å². The molecule has 1 aliphatic heterocycles. The molecule has 4 rings (SSSR count). The van der Waals surface area contributed by atoms with Gasteiger partial charge in [-0.1, -0.05) is 23.7 Å². The standard InChI is InChI=1S/C22H15ClFNO4S/c1-28-18-9-6-14(23)11-17(18)25-21(26)19(13-4-7-15(24)8-5-13)20(22(25)27)30-12-16-3-2-10-29-16/h2-11H,12H2,1H3. The van der Waals surface area contributed by atoms with Gasteiger partial charge < -0.3 is 9.15 Å². The fourth-order valence-electron chi connectivity index (χ4n) is 3.11. The first kappa shape index (κ1) is 20.3. The van der Waals surface area contributed by atoms with Crippen LogP contribution in [0.15, 0.2) is 70.2 Å². The summed E-state index contributed by atoms with van der Waals surface area (Å²) in [5.74, 6) is -0.131. The molecule has 0 unspecified atom stereocenters. The lowest BCUT2D eigenvalue weighted by atomic mass is 10.1. The molecule has 0 bridgehead atoms. The van der Waals surface area contributed by atoms with Gasteiger partial charge >= 0.3 is 0 Å². The van der Waals surface area contributed by atoms with Crippen LogP contribution in [0, 0.1) is 5.82 Å². The van der Waals surface area contributed by atoms with Gasteiger partial charge in [0, 0.05) is 5.02 Å². The number of ether oxygens (including phenoxy) is 1. The van der Waals surface area contributed by atoms with Crippen molar-refractivity contribution >= 4 is 46.4 Å². The van der Waals surface area contributed by atoms with E-state index in [0.29, 0.717) is 27.8 Å². The molecule has 0 atom stereocenters. The predicted octanol–water partition coefficient (Wildman–Crippen LogP) is 5.30. The minimum atomic E-state index is -0.533. The Labute approximate surface area is 181 Å². The number of carbonyl (C=O) groups excluding carboxylic acids is 2. The van der Waals surface area contributed by atoms with E-state index >= 15 is 0 Å². The number of furan rings is 1. The van der Waals surface area contributed by atoms with Crippen molar-refractivity contribution in [1.29, 1.82) is 0 Å². The predicted molar refractivity (Wildman–Crippen MR) is 114 cm³/mol. The minimum Gasteiger partial charge on any atom is -0.495 e. The Kier molecular flexibility index (Phi) is 5.65. The largest absolute Gasteiger partial charge is 0.495 e. The first-order valence-electron chi connectivity index (χ1n) is 8.87. The zero-order valence-electron chi connectivity index (χ0n) is 15.7. The zero-order chi connectivity index (χ0) is 21.3. The summed E-state index contributed by atoms with van der Waals surface area (Å²) < 4.78 is 24.1. The smallest absolute Gasteiger partial charge is 0.272 e. The van der Waals surface area contributed by atoms with Crippen molar-refractivity contribution in [2.75, 3.05) is 12.0 Å². The number of hydrogen-bond donors (Lipinski definition) is 0. The van der Waals surface area contributed by atoms with Crippen LogP contribution in [-0.4, -0.2) is 18.9 Å². The highest BCUT2D eigenvalue weighted by Gasteiger charge is 2.41. The van der Waals surface area contributed by atoms with Crippen LogP contribution in [-0.2, 0) is 15.3 Å². The second kappa shape index (κ2) is 8.38. The molecule has 152 valence electrons. The van der Waals surface area contributed by atoms with Gasteiger partial charge in [-0.05, 0) is 48.0 Å². The number of halogens is 2. The molecule has 0 N–H and O–H groups in total.